The Bertz CT molecular complexity index is 321. The Morgan fingerprint density at radius 3 is 2.67 bits per heavy atom. The molecule has 0 saturated heterocycles. The van der Waals surface area contributed by atoms with Gasteiger partial charge in [-0.1, -0.05) is 6.07 Å². The summed E-state index contributed by atoms with van der Waals surface area (Å²) >= 11 is 0. The first-order chi connectivity index (χ1) is 6.92. The minimum atomic E-state index is -0.387. The second-order valence-corrected chi connectivity index (χ2v) is 4.52. The van der Waals surface area contributed by atoms with Crippen LogP contribution in [0.25, 0.3) is 0 Å². The molecule has 0 aromatic carbocycles. The second kappa shape index (κ2) is 4.73. The average Bonchev–Trinajstić information content (AvgIpc) is 2.15. The molecule has 0 radical (unpaired) electrons. The zero-order chi connectivity index (χ0) is 11.5. The lowest BCUT2D eigenvalue weighted by atomic mass is 9.99. The van der Waals surface area contributed by atoms with Gasteiger partial charge in [0.25, 0.3) is 0 Å². The van der Waals surface area contributed by atoms with Gasteiger partial charge in [0, 0.05) is 17.8 Å². The van der Waals surface area contributed by atoms with Gasteiger partial charge in [0.05, 0.1) is 11.8 Å². The van der Waals surface area contributed by atoms with Crippen LogP contribution in [0.4, 0.5) is 0 Å². The van der Waals surface area contributed by atoms with Crippen LogP contribution in [-0.4, -0.2) is 21.7 Å². The zero-order valence-corrected chi connectivity index (χ0v) is 9.91. The largest absolute Gasteiger partial charge is 0.392 e. The van der Waals surface area contributed by atoms with E-state index in [4.69, 9.17) is 0 Å². The third kappa shape index (κ3) is 3.61. The number of nitrogens with zero attached hydrogens (tertiary/aromatic N) is 1. The summed E-state index contributed by atoms with van der Waals surface area (Å²) in [4.78, 5) is 4.39. The Hall–Kier alpha value is -0.930. The van der Waals surface area contributed by atoms with Crippen LogP contribution in [0.1, 0.15) is 32.2 Å². The maximum absolute atomic E-state index is 9.53. The van der Waals surface area contributed by atoms with E-state index in [2.05, 4.69) is 10.3 Å². The molecule has 0 saturated carbocycles. The molecular weight excluding hydrogens is 188 g/mol. The van der Waals surface area contributed by atoms with Gasteiger partial charge in [0.2, 0.25) is 0 Å². The number of nitrogens with one attached hydrogen (secondary N) is 1. The molecular formula is C12H20N2O. The molecule has 15 heavy (non-hydrogen) atoms. The van der Waals surface area contributed by atoms with Crippen molar-refractivity contribution in [2.24, 2.45) is 0 Å². The fourth-order valence-corrected chi connectivity index (χ4v) is 1.16. The molecule has 1 unspecified atom stereocenters. The Labute approximate surface area is 91.5 Å². The van der Waals surface area contributed by atoms with Gasteiger partial charge in [-0.2, -0.15) is 0 Å². The van der Waals surface area contributed by atoms with Gasteiger partial charge in [-0.25, -0.2) is 0 Å². The minimum absolute atomic E-state index is 0.286. The second-order valence-electron chi connectivity index (χ2n) is 4.52. The summed E-state index contributed by atoms with van der Waals surface area (Å²) < 4.78 is 0. The van der Waals surface area contributed by atoms with Crippen molar-refractivity contribution in [3.8, 4) is 0 Å². The molecule has 3 heteroatoms. The molecule has 84 valence electrons. The lowest BCUT2D eigenvalue weighted by Crippen LogP contribution is -2.47. The molecule has 0 amide bonds. The molecule has 0 aliphatic carbocycles. The number of aryl methyl sites for hydroxylation is 1. The van der Waals surface area contributed by atoms with E-state index in [-0.39, 0.29) is 11.6 Å². The van der Waals surface area contributed by atoms with Crippen molar-refractivity contribution in [2.45, 2.75) is 45.9 Å². The first kappa shape index (κ1) is 12.1. The minimum Gasteiger partial charge on any atom is -0.392 e. The Kier molecular flexibility index (Phi) is 3.83. The molecule has 1 atom stereocenters. The summed E-state index contributed by atoms with van der Waals surface area (Å²) in [6.07, 6.45) is -0.387. The molecule has 0 fully saturated rings. The van der Waals surface area contributed by atoms with Gasteiger partial charge in [0.1, 0.15) is 0 Å². The fourth-order valence-electron chi connectivity index (χ4n) is 1.16. The van der Waals surface area contributed by atoms with Crippen molar-refractivity contribution in [3.05, 3.63) is 29.6 Å². The summed E-state index contributed by atoms with van der Waals surface area (Å²) in [5.41, 5.74) is 1.73. The molecule has 1 aromatic heterocycles. The van der Waals surface area contributed by atoms with Crippen molar-refractivity contribution < 1.29 is 5.11 Å². The molecule has 2 N–H and O–H groups in total. The average molecular weight is 208 g/mol. The number of pyridine rings is 1. The maximum Gasteiger partial charge on any atom is 0.0688 e. The Morgan fingerprint density at radius 1 is 1.47 bits per heavy atom. The number of aliphatic hydroxyl groups is 1. The summed E-state index contributed by atoms with van der Waals surface area (Å²) in [5, 5.41) is 12.8. The highest BCUT2D eigenvalue weighted by atomic mass is 16.3. The number of hydrogen-bond donors (Lipinski definition) is 2. The van der Waals surface area contributed by atoms with E-state index < -0.39 is 0 Å². The van der Waals surface area contributed by atoms with Gasteiger partial charge in [-0.3, -0.25) is 4.98 Å². The molecule has 3 nitrogen and oxygen atoms in total. The molecule has 0 spiro atoms. The van der Waals surface area contributed by atoms with Gasteiger partial charge in [0.15, 0.2) is 0 Å². The maximum atomic E-state index is 9.53. The first-order valence-corrected chi connectivity index (χ1v) is 5.27. The molecule has 0 aliphatic heterocycles. The van der Waals surface area contributed by atoms with Crippen molar-refractivity contribution in [3.63, 3.8) is 0 Å². The van der Waals surface area contributed by atoms with Gasteiger partial charge in [-0.15, -0.1) is 0 Å². The quantitative estimate of drug-likeness (QED) is 0.790. The Morgan fingerprint density at radius 2 is 2.13 bits per heavy atom. The third-order valence-electron chi connectivity index (χ3n) is 2.72. The predicted octanol–water partition coefficient (Wildman–Crippen LogP) is 1.64. The van der Waals surface area contributed by atoms with Crippen LogP contribution in [0.3, 0.4) is 0 Å². The highest BCUT2D eigenvalue weighted by Gasteiger charge is 2.22. The van der Waals surface area contributed by atoms with Gasteiger partial charge in [-0.05, 0) is 39.8 Å². The third-order valence-corrected chi connectivity index (χ3v) is 2.72. The standard InChI is InChI=1S/C12H20N2O/c1-9-6-5-7-11(14-9)8-13-12(3,4)10(2)15/h5-7,10,13,15H,8H2,1-4H3. The fraction of sp³-hybridized carbons (Fsp3) is 0.583. The number of rotatable bonds is 4. The van der Waals surface area contributed by atoms with E-state index in [1.54, 1.807) is 6.92 Å². The van der Waals surface area contributed by atoms with E-state index in [9.17, 15) is 5.11 Å². The van der Waals surface area contributed by atoms with Crippen molar-refractivity contribution in [2.75, 3.05) is 0 Å². The number of aromatic nitrogens is 1. The molecule has 0 aliphatic rings. The van der Waals surface area contributed by atoms with E-state index >= 15 is 0 Å². The lowest BCUT2D eigenvalue weighted by molar-refractivity contribution is 0.0954. The van der Waals surface area contributed by atoms with E-state index in [0.29, 0.717) is 6.54 Å². The highest BCUT2D eigenvalue weighted by Crippen LogP contribution is 2.09. The van der Waals surface area contributed by atoms with Crippen LogP contribution >= 0.6 is 0 Å². The molecule has 0 bridgehead atoms. The smallest absolute Gasteiger partial charge is 0.0688 e. The van der Waals surface area contributed by atoms with E-state index in [1.165, 1.54) is 0 Å². The van der Waals surface area contributed by atoms with Gasteiger partial charge >= 0.3 is 0 Å². The summed E-state index contributed by atoms with van der Waals surface area (Å²) in [7, 11) is 0. The van der Waals surface area contributed by atoms with Crippen LogP contribution in [0, 0.1) is 6.92 Å². The zero-order valence-electron chi connectivity index (χ0n) is 9.91. The summed E-state index contributed by atoms with van der Waals surface area (Å²) in [6.45, 7) is 8.40. The summed E-state index contributed by atoms with van der Waals surface area (Å²) in [6, 6.07) is 5.95. The molecule has 1 rings (SSSR count). The predicted molar refractivity (Wildman–Crippen MR) is 61.6 cm³/mol. The highest BCUT2D eigenvalue weighted by molar-refractivity contribution is 5.10. The number of aliphatic hydroxyl groups excluding tert-OH is 1. The number of hydrogen-bond acceptors (Lipinski definition) is 3. The van der Waals surface area contributed by atoms with Gasteiger partial charge < -0.3 is 10.4 Å². The van der Waals surface area contributed by atoms with Crippen molar-refractivity contribution in [1.82, 2.24) is 10.3 Å². The molecule has 1 heterocycles. The normalized spacial score (nSPS) is 13.9. The van der Waals surface area contributed by atoms with Crippen molar-refractivity contribution >= 4 is 0 Å². The van der Waals surface area contributed by atoms with Crippen LogP contribution < -0.4 is 5.32 Å². The Balaban J connectivity index is 2.57. The summed E-state index contributed by atoms with van der Waals surface area (Å²) in [5.74, 6) is 0. The van der Waals surface area contributed by atoms with Crippen LogP contribution in [0.5, 0.6) is 0 Å². The SMILES string of the molecule is Cc1cccc(CNC(C)(C)C(C)O)n1. The van der Waals surface area contributed by atoms with E-state index in [1.807, 2.05) is 39.0 Å². The van der Waals surface area contributed by atoms with Crippen LogP contribution in [-0.2, 0) is 6.54 Å². The topological polar surface area (TPSA) is 45.1 Å². The van der Waals surface area contributed by atoms with E-state index in [0.717, 1.165) is 11.4 Å². The lowest BCUT2D eigenvalue weighted by Gasteiger charge is -2.29. The van der Waals surface area contributed by atoms with Crippen molar-refractivity contribution in [1.29, 1.82) is 0 Å². The molecule has 1 aromatic rings. The van der Waals surface area contributed by atoms with Crippen LogP contribution in [0.15, 0.2) is 18.2 Å². The monoisotopic (exact) mass is 208 g/mol. The first-order valence-electron chi connectivity index (χ1n) is 5.27. The van der Waals surface area contributed by atoms with Crippen LogP contribution in [0.2, 0.25) is 0 Å².